The molecule has 0 aromatic heterocycles. The first-order chi connectivity index (χ1) is 25.0. The Morgan fingerprint density at radius 1 is 0.642 bits per heavy atom. The molecule has 288 valence electrons. The summed E-state index contributed by atoms with van der Waals surface area (Å²) in [6.07, 6.45) is -0.906. The zero-order valence-electron chi connectivity index (χ0n) is 29.6. The third-order valence-corrected chi connectivity index (χ3v) is 7.83. The fourth-order valence-corrected chi connectivity index (χ4v) is 4.90. The molecule has 0 fully saturated rings. The van der Waals surface area contributed by atoms with Gasteiger partial charge in [0.05, 0.1) is 13.1 Å². The molecule has 0 aliphatic heterocycles. The highest BCUT2D eigenvalue weighted by atomic mass is 16.4. The number of carbonyl (C=O) groups excluding carboxylic acids is 6. The number of nitrogens with two attached hydrogens (primary N) is 1. The largest absolute Gasteiger partial charge is 0.508 e. The summed E-state index contributed by atoms with van der Waals surface area (Å²) in [4.78, 5) is 100. The van der Waals surface area contributed by atoms with Gasteiger partial charge >= 0.3 is 11.9 Å². The minimum absolute atomic E-state index is 0.0421. The third-order valence-electron chi connectivity index (χ3n) is 7.83. The van der Waals surface area contributed by atoms with Gasteiger partial charge in [0, 0.05) is 19.3 Å². The van der Waals surface area contributed by atoms with Gasteiger partial charge in [-0.05, 0) is 42.5 Å². The molecule has 18 nitrogen and oxygen atoms in total. The molecule has 6 amide bonds. The van der Waals surface area contributed by atoms with Crippen LogP contribution in [-0.2, 0) is 51.2 Å². The van der Waals surface area contributed by atoms with Crippen LogP contribution in [0, 0.1) is 5.92 Å². The third kappa shape index (κ3) is 15.4. The zero-order chi connectivity index (χ0) is 39.7. The maximum Gasteiger partial charge on any atom is 0.326 e. The Balaban J connectivity index is 2.16. The van der Waals surface area contributed by atoms with Gasteiger partial charge in [0.1, 0.15) is 36.0 Å². The van der Waals surface area contributed by atoms with Crippen molar-refractivity contribution in [3.8, 4) is 5.75 Å². The lowest BCUT2D eigenvalue weighted by molar-refractivity contribution is -0.143. The van der Waals surface area contributed by atoms with E-state index in [9.17, 15) is 48.6 Å². The summed E-state index contributed by atoms with van der Waals surface area (Å²) in [6, 6.07) is 8.19. The van der Waals surface area contributed by atoms with Crippen molar-refractivity contribution >= 4 is 47.4 Å². The highest BCUT2D eigenvalue weighted by Gasteiger charge is 2.32. The van der Waals surface area contributed by atoms with E-state index in [0.29, 0.717) is 5.56 Å². The molecule has 11 N–H and O–H groups in total. The van der Waals surface area contributed by atoms with Crippen LogP contribution in [0.2, 0.25) is 0 Å². The maximum absolute atomic E-state index is 13.6. The van der Waals surface area contributed by atoms with Crippen molar-refractivity contribution < 1.29 is 53.7 Å². The van der Waals surface area contributed by atoms with Crippen LogP contribution in [0.3, 0.4) is 0 Å². The lowest BCUT2D eigenvalue weighted by atomic mass is 10.0. The summed E-state index contributed by atoms with van der Waals surface area (Å²) in [5.41, 5.74) is 6.66. The maximum atomic E-state index is 13.6. The number of hydrogen-bond donors (Lipinski definition) is 10. The van der Waals surface area contributed by atoms with Gasteiger partial charge < -0.3 is 53.0 Å². The van der Waals surface area contributed by atoms with Crippen LogP contribution in [0.5, 0.6) is 5.75 Å². The van der Waals surface area contributed by atoms with Crippen molar-refractivity contribution in [2.75, 3.05) is 13.1 Å². The van der Waals surface area contributed by atoms with Crippen LogP contribution in [0.25, 0.3) is 0 Å². The van der Waals surface area contributed by atoms with E-state index in [4.69, 9.17) is 10.8 Å². The molecule has 18 heteroatoms. The molecular formula is C35H47N7O11. The number of aromatic hydroxyl groups is 1. The Morgan fingerprint density at radius 3 is 1.75 bits per heavy atom. The van der Waals surface area contributed by atoms with Gasteiger partial charge in [-0.25, -0.2) is 4.79 Å². The zero-order valence-corrected chi connectivity index (χ0v) is 29.6. The standard InChI is InChI=1S/C35H47N7O11/c1-19(2)30(34(51)38-20(3)31(48)41-24(35(52)53)13-14-29(46)47)42-33(50)26(16-22-9-11-23(43)12-10-22)40-28(45)18-37-32(49)25(39-27(44)17-36)15-21-7-5-4-6-8-21/h4-12,19-20,24-26,30,43H,13-18,36H2,1-3H3,(H,37,49)(H,38,51)(H,39,44)(H,40,45)(H,41,48)(H,42,50)(H,46,47)(H,52,53)/t20-,24-,25-,26-,30-/m0/s1. The van der Waals surface area contributed by atoms with E-state index in [-0.39, 0.29) is 25.1 Å². The summed E-state index contributed by atoms with van der Waals surface area (Å²) in [5.74, 6) is -7.88. The number of phenols is 1. The van der Waals surface area contributed by atoms with Gasteiger partial charge in [-0.3, -0.25) is 33.6 Å². The van der Waals surface area contributed by atoms with Gasteiger partial charge in [-0.2, -0.15) is 0 Å². The van der Waals surface area contributed by atoms with Gasteiger partial charge in [-0.1, -0.05) is 56.3 Å². The number of benzene rings is 2. The molecule has 0 bridgehead atoms. The molecule has 2 aromatic rings. The van der Waals surface area contributed by atoms with Crippen LogP contribution in [0.4, 0.5) is 0 Å². The highest BCUT2D eigenvalue weighted by Crippen LogP contribution is 2.13. The fourth-order valence-electron chi connectivity index (χ4n) is 4.90. The molecule has 0 unspecified atom stereocenters. The van der Waals surface area contributed by atoms with Crippen molar-refractivity contribution in [2.24, 2.45) is 11.7 Å². The fraction of sp³-hybridized carbons (Fsp3) is 0.429. The van der Waals surface area contributed by atoms with Gasteiger partial charge in [0.25, 0.3) is 0 Å². The Bertz CT molecular complexity index is 1600. The minimum atomic E-state index is -1.52. The molecular weight excluding hydrogens is 694 g/mol. The summed E-state index contributed by atoms with van der Waals surface area (Å²) >= 11 is 0. The molecule has 2 rings (SSSR count). The van der Waals surface area contributed by atoms with Crippen LogP contribution < -0.4 is 37.6 Å². The van der Waals surface area contributed by atoms with Crippen LogP contribution >= 0.6 is 0 Å². The predicted molar refractivity (Wildman–Crippen MR) is 189 cm³/mol. The number of amides is 6. The van der Waals surface area contributed by atoms with Crippen molar-refractivity contribution in [2.45, 2.75) is 76.7 Å². The second kappa shape index (κ2) is 21.4. The van der Waals surface area contributed by atoms with Crippen LogP contribution in [0.15, 0.2) is 54.6 Å². The molecule has 53 heavy (non-hydrogen) atoms. The van der Waals surface area contributed by atoms with Gasteiger partial charge in [0.15, 0.2) is 0 Å². The predicted octanol–water partition coefficient (Wildman–Crippen LogP) is -1.70. The minimum Gasteiger partial charge on any atom is -0.508 e. The Labute approximate surface area is 305 Å². The average molecular weight is 742 g/mol. The van der Waals surface area contributed by atoms with Crippen molar-refractivity contribution in [1.82, 2.24) is 31.9 Å². The van der Waals surface area contributed by atoms with E-state index in [1.165, 1.54) is 31.2 Å². The molecule has 0 saturated carbocycles. The highest BCUT2D eigenvalue weighted by molar-refractivity contribution is 5.96. The van der Waals surface area contributed by atoms with Crippen molar-refractivity contribution in [3.63, 3.8) is 0 Å². The number of carboxylic acid groups (broad SMARTS) is 2. The number of nitrogens with one attached hydrogen (secondary N) is 6. The smallest absolute Gasteiger partial charge is 0.326 e. The molecule has 5 atom stereocenters. The summed E-state index contributed by atoms with van der Waals surface area (Å²) in [7, 11) is 0. The summed E-state index contributed by atoms with van der Waals surface area (Å²) in [5, 5.41) is 42.6. The molecule has 0 radical (unpaired) electrons. The molecule has 2 aromatic carbocycles. The number of aliphatic carboxylic acids is 2. The SMILES string of the molecule is CC(C)[C@H](NC(=O)[C@H](Cc1ccc(O)cc1)NC(=O)CNC(=O)[C@H](Cc1ccccc1)NC(=O)CN)C(=O)N[C@@H](C)C(=O)N[C@@H](CCC(=O)O)C(=O)O. The molecule has 0 aliphatic rings. The number of rotatable bonds is 21. The normalized spacial score (nSPS) is 13.6. The van der Waals surface area contributed by atoms with Crippen LogP contribution in [-0.4, -0.2) is 106 Å². The molecule has 0 aliphatic carbocycles. The van der Waals surface area contributed by atoms with E-state index in [1.807, 2.05) is 0 Å². The van der Waals surface area contributed by atoms with Crippen molar-refractivity contribution in [3.05, 3.63) is 65.7 Å². The molecule has 0 saturated heterocycles. The Hall–Kier alpha value is -6.04. The summed E-state index contributed by atoms with van der Waals surface area (Å²) < 4.78 is 0. The average Bonchev–Trinajstić information content (AvgIpc) is 3.11. The topological polar surface area (TPSA) is 295 Å². The Morgan fingerprint density at radius 2 is 1.21 bits per heavy atom. The lowest BCUT2D eigenvalue weighted by Gasteiger charge is -2.27. The second-order valence-electron chi connectivity index (χ2n) is 12.5. The Kier molecular flexibility index (Phi) is 17.4. The summed E-state index contributed by atoms with van der Waals surface area (Å²) in [6.45, 7) is 3.54. The van der Waals surface area contributed by atoms with Gasteiger partial charge in [-0.15, -0.1) is 0 Å². The van der Waals surface area contributed by atoms with E-state index in [0.717, 1.165) is 5.56 Å². The monoisotopic (exact) mass is 741 g/mol. The van der Waals surface area contributed by atoms with E-state index >= 15 is 0 Å². The first-order valence-corrected chi connectivity index (χ1v) is 16.7. The number of carboxylic acids is 2. The second-order valence-corrected chi connectivity index (χ2v) is 12.5. The first-order valence-electron chi connectivity index (χ1n) is 16.7. The molecule has 0 heterocycles. The quantitative estimate of drug-likeness (QED) is 0.0685. The van der Waals surface area contributed by atoms with Crippen molar-refractivity contribution in [1.29, 1.82) is 0 Å². The van der Waals surface area contributed by atoms with Crippen LogP contribution in [0.1, 0.15) is 44.7 Å². The van der Waals surface area contributed by atoms with E-state index in [1.54, 1.807) is 44.2 Å². The molecule has 0 spiro atoms. The number of hydrogen-bond acceptors (Lipinski definition) is 10. The van der Waals surface area contributed by atoms with Gasteiger partial charge in [0.2, 0.25) is 35.4 Å². The van der Waals surface area contributed by atoms with E-state index in [2.05, 4.69) is 31.9 Å². The number of phenolic OH excluding ortho intramolecular Hbond substituents is 1. The number of carbonyl (C=O) groups is 8. The lowest BCUT2D eigenvalue weighted by Crippen LogP contribution is -2.59. The van der Waals surface area contributed by atoms with E-state index < -0.39 is 103 Å². The first kappa shape index (κ1) is 43.1.